The second-order valence-electron chi connectivity index (χ2n) is 4.35. The van der Waals surface area contributed by atoms with Gasteiger partial charge in [0.1, 0.15) is 10.9 Å². The summed E-state index contributed by atoms with van der Waals surface area (Å²) in [4.78, 5) is 6.45. The maximum absolute atomic E-state index is 12.6. The van der Waals surface area contributed by atoms with E-state index in [9.17, 15) is 13.2 Å². The highest BCUT2D eigenvalue weighted by molar-refractivity contribution is 6.29. The summed E-state index contributed by atoms with van der Waals surface area (Å²) in [5.41, 5.74) is 1.13. The second-order valence-corrected chi connectivity index (χ2v) is 4.73. The number of ether oxygens (including phenoxy) is 1. The molecule has 0 aliphatic carbocycles. The molecule has 0 saturated carbocycles. The molecule has 1 aromatic heterocycles. The fourth-order valence-corrected chi connectivity index (χ4v) is 1.88. The zero-order valence-electron chi connectivity index (χ0n) is 11.1. The standard InChI is InChI=1S/C14H12ClF3N2O/c1-2-3-9-4-6-10(7-5-9)21-12-8-11(15)19-13(20-12)14(16,17)18/h4-8H,2-3H2,1H3. The molecule has 2 aromatic rings. The third-order valence-corrected chi connectivity index (χ3v) is 2.80. The van der Waals surface area contributed by atoms with Crippen molar-refractivity contribution in [3.63, 3.8) is 0 Å². The molecular weight excluding hydrogens is 305 g/mol. The van der Waals surface area contributed by atoms with Crippen molar-refractivity contribution in [2.24, 2.45) is 0 Å². The minimum Gasteiger partial charge on any atom is -0.439 e. The van der Waals surface area contributed by atoms with Crippen LogP contribution in [-0.2, 0) is 12.6 Å². The molecule has 0 N–H and O–H groups in total. The largest absolute Gasteiger partial charge is 0.451 e. The van der Waals surface area contributed by atoms with E-state index in [-0.39, 0.29) is 11.0 Å². The van der Waals surface area contributed by atoms with Crippen LogP contribution in [0.2, 0.25) is 5.15 Å². The Balaban J connectivity index is 2.21. The molecule has 0 unspecified atom stereocenters. The number of halogens is 4. The Bertz CT molecular complexity index is 615. The average molecular weight is 317 g/mol. The van der Waals surface area contributed by atoms with E-state index in [1.165, 1.54) is 0 Å². The Morgan fingerprint density at radius 2 is 1.81 bits per heavy atom. The van der Waals surface area contributed by atoms with Gasteiger partial charge in [-0.05, 0) is 24.1 Å². The highest BCUT2D eigenvalue weighted by Gasteiger charge is 2.35. The van der Waals surface area contributed by atoms with Crippen molar-refractivity contribution in [2.45, 2.75) is 25.9 Å². The Hall–Kier alpha value is -1.82. The normalized spacial score (nSPS) is 11.5. The van der Waals surface area contributed by atoms with Crippen LogP contribution < -0.4 is 4.74 Å². The number of nitrogens with zero attached hydrogens (tertiary/aromatic N) is 2. The van der Waals surface area contributed by atoms with Crippen LogP contribution in [0.4, 0.5) is 13.2 Å². The lowest BCUT2D eigenvalue weighted by Gasteiger charge is -2.09. The first-order chi connectivity index (χ1) is 9.88. The fourth-order valence-electron chi connectivity index (χ4n) is 1.71. The van der Waals surface area contributed by atoms with Crippen molar-refractivity contribution >= 4 is 11.6 Å². The van der Waals surface area contributed by atoms with Gasteiger partial charge in [0.2, 0.25) is 11.7 Å². The number of hydrogen-bond acceptors (Lipinski definition) is 3. The predicted molar refractivity (Wildman–Crippen MR) is 72.6 cm³/mol. The fraction of sp³-hybridized carbons (Fsp3) is 0.286. The third-order valence-electron chi connectivity index (χ3n) is 2.61. The number of aryl methyl sites for hydroxylation is 1. The zero-order valence-corrected chi connectivity index (χ0v) is 11.9. The molecule has 112 valence electrons. The monoisotopic (exact) mass is 316 g/mol. The van der Waals surface area contributed by atoms with E-state index in [1.807, 2.05) is 12.1 Å². The van der Waals surface area contributed by atoms with Gasteiger partial charge in [0.25, 0.3) is 0 Å². The maximum Gasteiger partial charge on any atom is 0.451 e. The van der Waals surface area contributed by atoms with Crippen molar-refractivity contribution in [1.29, 1.82) is 0 Å². The van der Waals surface area contributed by atoms with E-state index < -0.39 is 12.0 Å². The quantitative estimate of drug-likeness (QED) is 0.753. The summed E-state index contributed by atoms with van der Waals surface area (Å²) in [7, 11) is 0. The lowest BCUT2D eigenvalue weighted by atomic mass is 10.1. The number of benzene rings is 1. The molecule has 0 aliphatic rings. The summed E-state index contributed by atoms with van der Waals surface area (Å²) in [6.07, 6.45) is -2.73. The first kappa shape index (κ1) is 15.6. The highest BCUT2D eigenvalue weighted by atomic mass is 35.5. The zero-order chi connectivity index (χ0) is 15.5. The van der Waals surface area contributed by atoms with Crippen molar-refractivity contribution in [3.05, 3.63) is 46.9 Å². The summed E-state index contributed by atoms with van der Waals surface area (Å²) in [5, 5.41) is -0.324. The molecule has 1 aromatic carbocycles. The van der Waals surface area contributed by atoms with Crippen LogP contribution in [0.25, 0.3) is 0 Å². The first-order valence-corrected chi connectivity index (χ1v) is 6.65. The molecule has 2 rings (SSSR count). The van der Waals surface area contributed by atoms with Crippen molar-refractivity contribution in [3.8, 4) is 11.6 Å². The molecule has 0 bridgehead atoms. The lowest BCUT2D eigenvalue weighted by Crippen LogP contribution is -2.11. The van der Waals surface area contributed by atoms with E-state index in [4.69, 9.17) is 16.3 Å². The van der Waals surface area contributed by atoms with E-state index in [0.717, 1.165) is 24.5 Å². The van der Waals surface area contributed by atoms with E-state index in [0.29, 0.717) is 5.75 Å². The van der Waals surface area contributed by atoms with Crippen molar-refractivity contribution in [2.75, 3.05) is 0 Å². The van der Waals surface area contributed by atoms with Gasteiger partial charge in [-0.3, -0.25) is 0 Å². The average Bonchev–Trinajstić information content (AvgIpc) is 2.40. The molecule has 0 saturated heterocycles. The third kappa shape index (κ3) is 4.32. The first-order valence-electron chi connectivity index (χ1n) is 6.27. The summed E-state index contributed by atoms with van der Waals surface area (Å²) in [6.45, 7) is 2.06. The van der Waals surface area contributed by atoms with Gasteiger partial charge in [0, 0.05) is 6.07 Å². The van der Waals surface area contributed by atoms with E-state index >= 15 is 0 Å². The maximum atomic E-state index is 12.6. The Labute approximate surface area is 124 Å². The topological polar surface area (TPSA) is 35.0 Å². The van der Waals surface area contributed by atoms with Gasteiger partial charge in [-0.1, -0.05) is 37.1 Å². The van der Waals surface area contributed by atoms with Gasteiger partial charge in [0.15, 0.2) is 0 Å². The van der Waals surface area contributed by atoms with Gasteiger partial charge in [-0.2, -0.15) is 18.2 Å². The van der Waals surface area contributed by atoms with Crippen molar-refractivity contribution < 1.29 is 17.9 Å². The van der Waals surface area contributed by atoms with Crippen molar-refractivity contribution in [1.82, 2.24) is 9.97 Å². The van der Waals surface area contributed by atoms with Gasteiger partial charge < -0.3 is 4.74 Å². The highest BCUT2D eigenvalue weighted by Crippen LogP contribution is 2.30. The molecule has 1 heterocycles. The predicted octanol–water partition coefficient (Wildman–Crippen LogP) is 4.89. The van der Waals surface area contributed by atoms with Gasteiger partial charge in [-0.15, -0.1) is 0 Å². The molecule has 3 nitrogen and oxygen atoms in total. The van der Waals surface area contributed by atoms with Crippen LogP contribution >= 0.6 is 11.6 Å². The number of aromatic nitrogens is 2. The van der Waals surface area contributed by atoms with Crippen LogP contribution in [0.3, 0.4) is 0 Å². The smallest absolute Gasteiger partial charge is 0.439 e. The molecule has 0 aliphatic heterocycles. The van der Waals surface area contributed by atoms with E-state index in [1.54, 1.807) is 12.1 Å². The number of rotatable bonds is 4. The van der Waals surface area contributed by atoms with E-state index in [2.05, 4.69) is 16.9 Å². The second kappa shape index (κ2) is 6.30. The van der Waals surface area contributed by atoms with Crippen LogP contribution in [0.5, 0.6) is 11.6 Å². The minimum atomic E-state index is -4.67. The molecule has 21 heavy (non-hydrogen) atoms. The van der Waals surface area contributed by atoms with Crippen LogP contribution in [0.1, 0.15) is 24.7 Å². The van der Waals surface area contributed by atoms with Gasteiger partial charge in [-0.25, -0.2) is 4.98 Å². The number of alkyl halides is 3. The molecule has 7 heteroatoms. The number of hydrogen-bond donors (Lipinski definition) is 0. The van der Waals surface area contributed by atoms with Crippen LogP contribution in [0, 0.1) is 0 Å². The molecule has 0 fully saturated rings. The molecular formula is C14H12ClF3N2O. The molecule has 0 amide bonds. The molecule has 0 atom stereocenters. The minimum absolute atomic E-state index is 0.245. The summed E-state index contributed by atoms with van der Waals surface area (Å²) >= 11 is 5.56. The summed E-state index contributed by atoms with van der Waals surface area (Å²) in [5.74, 6) is -1.18. The summed E-state index contributed by atoms with van der Waals surface area (Å²) in [6, 6.07) is 8.19. The Kier molecular flexibility index (Phi) is 4.67. The summed E-state index contributed by atoms with van der Waals surface area (Å²) < 4.78 is 43.0. The van der Waals surface area contributed by atoms with Gasteiger partial charge >= 0.3 is 6.18 Å². The Morgan fingerprint density at radius 3 is 2.38 bits per heavy atom. The Morgan fingerprint density at radius 1 is 1.14 bits per heavy atom. The molecule has 0 spiro atoms. The van der Waals surface area contributed by atoms with Crippen LogP contribution in [0.15, 0.2) is 30.3 Å². The SMILES string of the molecule is CCCc1ccc(Oc2cc(Cl)nc(C(F)(F)F)n2)cc1. The van der Waals surface area contributed by atoms with Crippen LogP contribution in [-0.4, -0.2) is 9.97 Å². The lowest BCUT2D eigenvalue weighted by molar-refractivity contribution is -0.145. The van der Waals surface area contributed by atoms with Gasteiger partial charge in [0.05, 0.1) is 0 Å². The molecule has 0 radical (unpaired) electrons.